The van der Waals surface area contributed by atoms with Gasteiger partial charge in [-0.15, -0.1) is 0 Å². The van der Waals surface area contributed by atoms with Crippen LogP contribution in [0.3, 0.4) is 0 Å². The normalized spacial score (nSPS) is 13.6. The maximum absolute atomic E-state index is 12.9. The van der Waals surface area contributed by atoms with E-state index in [-0.39, 0.29) is 41.4 Å². The molecule has 3 amide bonds. The molecule has 0 saturated heterocycles. The summed E-state index contributed by atoms with van der Waals surface area (Å²) in [6.45, 7) is 7.62. The molecule has 3 aromatic rings. The Morgan fingerprint density at radius 1 is 1.09 bits per heavy atom. The zero-order valence-electron chi connectivity index (χ0n) is 24.5. The zero-order chi connectivity index (χ0) is 31.7. The predicted molar refractivity (Wildman–Crippen MR) is 158 cm³/mol. The Bertz CT molecular complexity index is 1380. The average Bonchev–Trinajstić information content (AvgIpc) is 3.39. The Balaban J connectivity index is 1.68. The number of carbonyl (C=O) groups excluding carboxylic acids is 2. The van der Waals surface area contributed by atoms with Crippen molar-refractivity contribution in [1.29, 1.82) is 0 Å². The van der Waals surface area contributed by atoms with Gasteiger partial charge >= 0.3 is 12.2 Å². The Hall–Kier alpha value is -3.77. The first-order chi connectivity index (χ1) is 20.4. The molecule has 1 unspecified atom stereocenters. The van der Waals surface area contributed by atoms with Crippen molar-refractivity contribution in [3.8, 4) is 17.0 Å². The summed E-state index contributed by atoms with van der Waals surface area (Å²) in [4.78, 5) is 29.6. The van der Waals surface area contributed by atoms with Crippen LogP contribution in [-0.4, -0.2) is 58.1 Å². The predicted octanol–water partition coefficient (Wildman–Crippen LogP) is 5.66. The number of aryl methyl sites for hydroxylation is 1. The number of hydrogen-bond acceptors (Lipinski definition) is 5. The average molecular weight is 624 g/mol. The summed E-state index contributed by atoms with van der Waals surface area (Å²) in [5.74, 6) is 0.0622. The smallest absolute Gasteiger partial charge is 0.425 e. The highest BCUT2D eigenvalue weighted by molar-refractivity contribution is 6.32. The summed E-state index contributed by atoms with van der Waals surface area (Å²) in [7, 11) is 0. The number of hydrogen-bond donors (Lipinski definition) is 4. The van der Waals surface area contributed by atoms with Crippen molar-refractivity contribution in [3.05, 3.63) is 70.6 Å². The molecule has 0 radical (unpaired) electrons. The topological polar surface area (TPSA) is 118 Å². The molecule has 0 aliphatic carbocycles. The second kappa shape index (κ2) is 15.1. The number of imidazole rings is 1. The fourth-order valence-corrected chi connectivity index (χ4v) is 4.61. The van der Waals surface area contributed by atoms with E-state index in [1.807, 2.05) is 55.8 Å². The van der Waals surface area contributed by atoms with E-state index in [4.69, 9.17) is 21.3 Å². The highest BCUT2D eigenvalue weighted by Crippen LogP contribution is 2.31. The summed E-state index contributed by atoms with van der Waals surface area (Å²) in [6.07, 6.45) is -3.98. The van der Waals surface area contributed by atoms with Crippen molar-refractivity contribution in [1.82, 2.24) is 25.5 Å². The van der Waals surface area contributed by atoms with E-state index >= 15 is 0 Å². The van der Waals surface area contributed by atoms with Gasteiger partial charge in [-0.2, -0.15) is 13.2 Å². The number of nitrogens with zero attached hydrogens (tertiary/aromatic N) is 2. The molecular formula is C30H37ClF3N5O4. The lowest BCUT2D eigenvalue weighted by Gasteiger charge is -2.20. The molecule has 0 fully saturated rings. The van der Waals surface area contributed by atoms with Crippen LogP contribution >= 0.6 is 11.6 Å². The van der Waals surface area contributed by atoms with E-state index in [1.165, 1.54) is 18.2 Å². The summed E-state index contributed by atoms with van der Waals surface area (Å²) in [5, 5.41) is 17.9. The summed E-state index contributed by atoms with van der Waals surface area (Å²) < 4.78 is 45.3. The van der Waals surface area contributed by atoms with Crippen LogP contribution in [-0.2, 0) is 13.0 Å². The minimum absolute atomic E-state index is 0.124. The van der Waals surface area contributed by atoms with Gasteiger partial charge in [0.15, 0.2) is 6.10 Å². The highest BCUT2D eigenvalue weighted by Gasteiger charge is 2.38. The van der Waals surface area contributed by atoms with Crippen LogP contribution in [0, 0.1) is 0 Å². The lowest BCUT2D eigenvalue weighted by molar-refractivity contribution is -0.189. The third-order valence-electron chi connectivity index (χ3n) is 6.72. The van der Waals surface area contributed by atoms with E-state index < -0.39 is 24.2 Å². The molecule has 0 spiro atoms. The maximum atomic E-state index is 12.9. The molecule has 0 saturated carbocycles. The largest absolute Gasteiger partial charge is 0.480 e. The number of urea groups is 1. The number of amides is 3. The number of ether oxygens (including phenoxy) is 1. The fourth-order valence-electron chi connectivity index (χ4n) is 4.38. The third-order valence-corrected chi connectivity index (χ3v) is 7.02. The Labute approximate surface area is 253 Å². The van der Waals surface area contributed by atoms with Crippen molar-refractivity contribution in [2.45, 2.75) is 71.4 Å². The molecule has 9 nitrogen and oxygen atoms in total. The number of rotatable bonds is 13. The van der Waals surface area contributed by atoms with Gasteiger partial charge in [-0.25, -0.2) is 9.78 Å². The van der Waals surface area contributed by atoms with Gasteiger partial charge in [0.1, 0.15) is 11.6 Å². The highest BCUT2D eigenvalue weighted by atomic mass is 35.5. The van der Waals surface area contributed by atoms with Crippen molar-refractivity contribution < 1.29 is 32.6 Å². The van der Waals surface area contributed by atoms with Gasteiger partial charge < -0.3 is 30.4 Å². The minimum Gasteiger partial charge on any atom is -0.480 e. The van der Waals surface area contributed by atoms with E-state index in [1.54, 1.807) is 0 Å². The molecular weight excluding hydrogens is 587 g/mol. The monoisotopic (exact) mass is 623 g/mol. The first-order valence-corrected chi connectivity index (χ1v) is 14.4. The quantitative estimate of drug-likeness (QED) is 0.196. The van der Waals surface area contributed by atoms with Crippen molar-refractivity contribution in [3.63, 3.8) is 0 Å². The van der Waals surface area contributed by atoms with Crippen molar-refractivity contribution in [2.24, 2.45) is 0 Å². The van der Waals surface area contributed by atoms with Crippen molar-refractivity contribution >= 4 is 23.5 Å². The molecule has 2 aromatic carbocycles. The van der Waals surface area contributed by atoms with Crippen molar-refractivity contribution in [2.75, 3.05) is 13.2 Å². The number of benzene rings is 2. The lowest BCUT2D eigenvalue weighted by Crippen LogP contribution is -2.37. The second-order valence-corrected chi connectivity index (χ2v) is 10.4. The summed E-state index contributed by atoms with van der Waals surface area (Å²) in [5.41, 5.74) is 2.68. The van der Waals surface area contributed by atoms with Gasteiger partial charge in [-0.1, -0.05) is 35.9 Å². The van der Waals surface area contributed by atoms with Gasteiger partial charge in [0.05, 0.1) is 16.8 Å². The van der Waals surface area contributed by atoms with Crippen LogP contribution < -0.4 is 20.7 Å². The van der Waals surface area contributed by atoms with E-state index in [2.05, 4.69) is 16.0 Å². The van der Waals surface area contributed by atoms with E-state index in [0.717, 1.165) is 29.6 Å². The number of aromatic nitrogens is 2. The van der Waals surface area contributed by atoms with Crippen LogP contribution in [0.4, 0.5) is 18.0 Å². The van der Waals surface area contributed by atoms with Gasteiger partial charge in [0.25, 0.3) is 5.91 Å². The molecule has 1 heterocycles. The molecule has 0 aliphatic heterocycles. The van der Waals surface area contributed by atoms with Gasteiger partial charge in [-0.05, 0) is 64.3 Å². The number of aliphatic hydroxyl groups is 1. The molecule has 0 aliphatic rings. The fraction of sp³-hybridized carbons (Fsp3) is 0.433. The molecule has 0 bridgehead atoms. The molecule has 13 heteroatoms. The third kappa shape index (κ3) is 9.36. The van der Waals surface area contributed by atoms with Crippen LogP contribution in [0.5, 0.6) is 5.75 Å². The number of alkyl halides is 3. The molecule has 43 heavy (non-hydrogen) atoms. The van der Waals surface area contributed by atoms with Crippen LogP contribution in [0.25, 0.3) is 11.3 Å². The lowest BCUT2D eigenvalue weighted by atomic mass is 10.0. The van der Waals surface area contributed by atoms with Gasteiger partial charge in [0.2, 0.25) is 0 Å². The molecule has 234 valence electrons. The van der Waals surface area contributed by atoms with Crippen LogP contribution in [0.1, 0.15) is 61.9 Å². The van der Waals surface area contributed by atoms with Crippen LogP contribution in [0.15, 0.2) is 48.7 Å². The molecule has 3 atom stereocenters. The summed E-state index contributed by atoms with van der Waals surface area (Å²) >= 11 is 6.09. The SMILES string of the molecule is CCNC(=O)N[C@H](C)c1nc(-c2ccc(C[C@@H](CCO)NC(=O)c3ccc(OC(C)C(F)(F)F)c(Cl)c3)cc2)cn1CC. The van der Waals surface area contributed by atoms with Gasteiger partial charge in [0, 0.05) is 43.1 Å². The molecule has 1 aromatic heterocycles. The maximum Gasteiger partial charge on any atom is 0.425 e. The second-order valence-electron chi connectivity index (χ2n) is 10.0. The Morgan fingerprint density at radius 2 is 1.79 bits per heavy atom. The summed E-state index contributed by atoms with van der Waals surface area (Å²) in [6, 6.07) is 10.5. The standard InChI is InChI=1S/C30H37ClF3N5O4/c1-5-35-29(42)36-18(3)27-38-25(17-39(27)6-2)21-9-7-20(8-10-21)15-23(13-14-40)37-28(41)22-11-12-26(24(31)16-22)43-19(4)30(32,33)34/h7-12,16-19,23,40H,5-6,13-15H2,1-4H3,(H,37,41)(H2,35,36,42)/t18-,19?,23-/m1/s1. The number of halogens is 4. The van der Waals surface area contributed by atoms with E-state index in [0.29, 0.717) is 19.5 Å². The number of aliphatic hydroxyl groups excluding tert-OH is 1. The first kappa shape index (κ1) is 33.7. The van der Waals surface area contributed by atoms with Gasteiger partial charge in [-0.3, -0.25) is 4.79 Å². The molecule has 4 N–H and O–H groups in total. The minimum atomic E-state index is -4.56. The zero-order valence-corrected chi connectivity index (χ0v) is 25.2. The Kier molecular flexibility index (Phi) is 11.8. The number of nitrogens with one attached hydrogen (secondary N) is 3. The first-order valence-electron chi connectivity index (χ1n) is 14.0. The Morgan fingerprint density at radius 3 is 2.37 bits per heavy atom. The van der Waals surface area contributed by atoms with Crippen LogP contribution in [0.2, 0.25) is 5.02 Å². The van der Waals surface area contributed by atoms with E-state index in [9.17, 15) is 27.9 Å². The molecule has 3 rings (SSSR count). The number of carbonyl (C=O) groups is 2.